The predicted molar refractivity (Wildman–Crippen MR) is 104 cm³/mol. The SMILES string of the molecule is Cc1cc(NC(=O)c2ccccc2OC(F)F)nn1Cc1ccc(Cl)cc1Cl. The average molecular weight is 426 g/mol. The number of aryl methyl sites for hydroxylation is 1. The number of hydrogen-bond acceptors (Lipinski definition) is 3. The van der Waals surface area contributed by atoms with E-state index in [4.69, 9.17) is 23.2 Å². The summed E-state index contributed by atoms with van der Waals surface area (Å²) in [6.45, 7) is -0.831. The highest BCUT2D eigenvalue weighted by Gasteiger charge is 2.17. The maximum atomic E-state index is 12.5. The molecule has 0 bridgehead atoms. The smallest absolute Gasteiger partial charge is 0.387 e. The van der Waals surface area contributed by atoms with Crippen LogP contribution in [0.3, 0.4) is 0 Å². The summed E-state index contributed by atoms with van der Waals surface area (Å²) in [6.07, 6.45) is 0. The molecule has 0 fully saturated rings. The summed E-state index contributed by atoms with van der Waals surface area (Å²) >= 11 is 12.1. The summed E-state index contributed by atoms with van der Waals surface area (Å²) in [4.78, 5) is 12.5. The van der Waals surface area contributed by atoms with E-state index >= 15 is 0 Å². The zero-order valence-corrected chi connectivity index (χ0v) is 16.1. The van der Waals surface area contributed by atoms with Crippen molar-refractivity contribution in [1.29, 1.82) is 0 Å². The summed E-state index contributed by atoms with van der Waals surface area (Å²) in [6, 6.07) is 12.6. The first kappa shape index (κ1) is 20.1. The van der Waals surface area contributed by atoms with Gasteiger partial charge in [0.2, 0.25) is 0 Å². The Hall–Kier alpha value is -2.64. The molecule has 1 heterocycles. The van der Waals surface area contributed by atoms with E-state index in [0.717, 1.165) is 11.3 Å². The van der Waals surface area contributed by atoms with Crippen LogP contribution in [0.5, 0.6) is 5.75 Å². The number of ether oxygens (including phenoxy) is 1. The zero-order chi connectivity index (χ0) is 20.3. The lowest BCUT2D eigenvalue weighted by atomic mass is 10.2. The Bertz CT molecular complexity index is 1010. The number of rotatable bonds is 6. The zero-order valence-electron chi connectivity index (χ0n) is 14.6. The Kier molecular flexibility index (Phi) is 6.16. The van der Waals surface area contributed by atoms with Crippen molar-refractivity contribution in [3.63, 3.8) is 0 Å². The fourth-order valence-corrected chi connectivity index (χ4v) is 3.05. The molecule has 2 aromatic carbocycles. The van der Waals surface area contributed by atoms with Gasteiger partial charge in [-0.15, -0.1) is 0 Å². The Morgan fingerprint density at radius 2 is 1.96 bits per heavy atom. The molecule has 0 radical (unpaired) electrons. The predicted octanol–water partition coefficient (Wildman–Crippen LogP) is 5.40. The quantitative estimate of drug-likeness (QED) is 0.574. The third-order valence-corrected chi connectivity index (χ3v) is 4.49. The van der Waals surface area contributed by atoms with Crippen LogP contribution in [0.4, 0.5) is 14.6 Å². The molecule has 0 aliphatic rings. The van der Waals surface area contributed by atoms with Gasteiger partial charge in [-0.3, -0.25) is 9.48 Å². The van der Waals surface area contributed by atoms with Crippen LogP contribution in [-0.4, -0.2) is 22.3 Å². The number of halogens is 4. The van der Waals surface area contributed by atoms with Crippen LogP contribution in [0, 0.1) is 6.92 Å². The summed E-state index contributed by atoms with van der Waals surface area (Å²) in [5.41, 5.74) is 1.57. The van der Waals surface area contributed by atoms with Crippen molar-refractivity contribution in [2.45, 2.75) is 20.1 Å². The fraction of sp³-hybridized carbons (Fsp3) is 0.158. The number of hydrogen-bond donors (Lipinski definition) is 1. The second-order valence-electron chi connectivity index (χ2n) is 5.89. The van der Waals surface area contributed by atoms with Gasteiger partial charge in [0.1, 0.15) is 5.75 Å². The van der Waals surface area contributed by atoms with Gasteiger partial charge in [0.05, 0.1) is 12.1 Å². The van der Waals surface area contributed by atoms with Gasteiger partial charge in [-0.1, -0.05) is 41.4 Å². The molecule has 1 aromatic heterocycles. The first-order chi connectivity index (χ1) is 13.3. The summed E-state index contributed by atoms with van der Waals surface area (Å²) < 4.78 is 31.1. The number of carbonyl (C=O) groups excluding carboxylic acids is 1. The number of benzene rings is 2. The van der Waals surface area contributed by atoms with Gasteiger partial charge in [-0.25, -0.2) is 0 Å². The van der Waals surface area contributed by atoms with Crippen molar-refractivity contribution in [2.75, 3.05) is 5.32 Å². The third kappa shape index (κ3) is 4.79. The molecule has 0 unspecified atom stereocenters. The Balaban J connectivity index is 1.77. The van der Waals surface area contributed by atoms with Crippen molar-refractivity contribution in [3.05, 3.63) is 75.4 Å². The minimum Gasteiger partial charge on any atom is -0.434 e. The molecular formula is C19H15Cl2F2N3O2. The molecule has 0 atom stereocenters. The molecule has 28 heavy (non-hydrogen) atoms. The lowest BCUT2D eigenvalue weighted by Crippen LogP contribution is -2.15. The highest BCUT2D eigenvalue weighted by molar-refractivity contribution is 6.35. The largest absolute Gasteiger partial charge is 0.434 e. The molecule has 5 nitrogen and oxygen atoms in total. The maximum Gasteiger partial charge on any atom is 0.387 e. The number of carbonyl (C=O) groups is 1. The molecule has 146 valence electrons. The van der Waals surface area contributed by atoms with Crippen LogP contribution < -0.4 is 10.1 Å². The molecule has 0 spiro atoms. The minimum atomic E-state index is -3.03. The molecular weight excluding hydrogens is 411 g/mol. The van der Waals surface area contributed by atoms with E-state index in [1.54, 1.807) is 35.0 Å². The fourth-order valence-electron chi connectivity index (χ4n) is 2.58. The number of anilines is 1. The van der Waals surface area contributed by atoms with Crippen LogP contribution >= 0.6 is 23.2 Å². The Morgan fingerprint density at radius 3 is 2.68 bits per heavy atom. The second-order valence-corrected chi connectivity index (χ2v) is 6.74. The van der Waals surface area contributed by atoms with E-state index in [0.29, 0.717) is 16.6 Å². The topological polar surface area (TPSA) is 56.1 Å². The lowest BCUT2D eigenvalue weighted by Gasteiger charge is -2.10. The van der Waals surface area contributed by atoms with E-state index in [-0.39, 0.29) is 17.1 Å². The lowest BCUT2D eigenvalue weighted by molar-refractivity contribution is -0.0501. The molecule has 9 heteroatoms. The summed E-state index contributed by atoms with van der Waals surface area (Å²) in [7, 11) is 0. The number of para-hydroxylation sites is 1. The first-order valence-electron chi connectivity index (χ1n) is 8.17. The van der Waals surface area contributed by atoms with E-state index in [2.05, 4.69) is 15.2 Å². The second kappa shape index (κ2) is 8.58. The Morgan fingerprint density at radius 1 is 1.21 bits per heavy atom. The number of amides is 1. The van der Waals surface area contributed by atoms with E-state index in [1.165, 1.54) is 18.2 Å². The van der Waals surface area contributed by atoms with Gasteiger partial charge in [-0.05, 0) is 36.8 Å². The van der Waals surface area contributed by atoms with E-state index in [9.17, 15) is 13.6 Å². The van der Waals surface area contributed by atoms with Crippen molar-refractivity contribution in [3.8, 4) is 5.75 Å². The molecule has 3 aromatic rings. The number of nitrogens with zero attached hydrogens (tertiary/aromatic N) is 2. The van der Waals surface area contributed by atoms with Crippen LogP contribution in [0.1, 0.15) is 21.6 Å². The van der Waals surface area contributed by atoms with Crippen molar-refractivity contribution in [1.82, 2.24) is 9.78 Å². The van der Waals surface area contributed by atoms with E-state index < -0.39 is 12.5 Å². The van der Waals surface area contributed by atoms with E-state index in [1.807, 2.05) is 6.92 Å². The normalized spacial score (nSPS) is 10.9. The minimum absolute atomic E-state index is 0.0178. The van der Waals surface area contributed by atoms with Crippen LogP contribution in [0.2, 0.25) is 10.0 Å². The first-order valence-corrected chi connectivity index (χ1v) is 8.92. The number of alkyl halides is 2. The molecule has 0 saturated carbocycles. The van der Waals surface area contributed by atoms with Crippen molar-refractivity contribution < 1.29 is 18.3 Å². The highest BCUT2D eigenvalue weighted by atomic mass is 35.5. The summed E-state index contributed by atoms with van der Waals surface area (Å²) in [5.74, 6) is -0.538. The maximum absolute atomic E-state index is 12.5. The van der Waals surface area contributed by atoms with Gasteiger partial charge in [0.25, 0.3) is 5.91 Å². The average Bonchev–Trinajstić information content (AvgIpc) is 2.96. The van der Waals surface area contributed by atoms with Crippen LogP contribution in [-0.2, 0) is 6.54 Å². The van der Waals surface area contributed by atoms with Gasteiger partial charge in [0, 0.05) is 21.8 Å². The summed E-state index contributed by atoms with van der Waals surface area (Å²) in [5, 5.41) is 7.96. The van der Waals surface area contributed by atoms with Gasteiger partial charge < -0.3 is 10.1 Å². The Labute approximate surface area is 169 Å². The molecule has 0 aliphatic carbocycles. The molecule has 1 N–H and O–H groups in total. The van der Waals surface area contributed by atoms with Gasteiger partial charge in [0.15, 0.2) is 5.82 Å². The standard InChI is InChI=1S/C19H15Cl2F2N3O2/c1-11-8-17(25-26(11)10-12-6-7-13(20)9-15(12)21)24-18(27)14-4-2-3-5-16(14)28-19(22)23/h2-9,19H,10H2,1H3,(H,24,25,27). The van der Waals surface area contributed by atoms with Gasteiger partial charge >= 0.3 is 6.61 Å². The molecule has 0 saturated heterocycles. The van der Waals surface area contributed by atoms with Crippen LogP contribution in [0.15, 0.2) is 48.5 Å². The third-order valence-electron chi connectivity index (χ3n) is 3.91. The number of aromatic nitrogens is 2. The van der Waals surface area contributed by atoms with Crippen LogP contribution in [0.25, 0.3) is 0 Å². The van der Waals surface area contributed by atoms with Crippen molar-refractivity contribution in [2.24, 2.45) is 0 Å². The molecule has 3 rings (SSSR count). The van der Waals surface area contributed by atoms with Gasteiger partial charge in [-0.2, -0.15) is 13.9 Å². The molecule has 0 aliphatic heterocycles. The molecule has 1 amide bonds. The number of nitrogens with one attached hydrogen (secondary N) is 1. The highest BCUT2D eigenvalue weighted by Crippen LogP contribution is 2.24. The van der Waals surface area contributed by atoms with Crippen molar-refractivity contribution >= 4 is 34.9 Å². The monoisotopic (exact) mass is 425 g/mol.